The van der Waals surface area contributed by atoms with Gasteiger partial charge in [0.05, 0.1) is 6.61 Å². The summed E-state index contributed by atoms with van der Waals surface area (Å²) in [5.41, 5.74) is 5.59. The van der Waals surface area contributed by atoms with Gasteiger partial charge in [0, 0.05) is 11.8 Å². The molecule has 0 saturated heterocycles. The van der Waals surface area contributed by atoms with Crippen molar-refractivity contribution in [3.63, 3.8) is 0 Å². The van der Waals surface area contributed by atoms with Crippen molar-refractivity contribution < 1.29 is 22.3 Å². The molecule has 1 rings (SSSR count). The van der Waals surface area contributed by atoms with E-state index in [1.165, 1.54) is 18.3 Å². The van der Waals surface area contributed by atoms with Crippen LogP contribution in [-0.2, 0) is 11.3 Å². The number of nitrogen functional groups attached to an aromatic ring is 1. The number of amidine groups is 1. The normalized spacial score (nSPS) is 11.8. The Labute approximate surface area is 100 Å². The van der Waals surface area contributed by atoms with E-state index >= 15 is 0 Å². The Balaban J connectivity index is 2.62. The van der Waals surface area contributed by atoms with Crippen molar-refractivity contribution in [2.75, 3.05) is 6.61 Å². The number of aromatic nitrogens is 1. The van der Waals surface area contributed by atoms with Crippen LogP contribution in [0.2, 0.25) is 0 Å². The number of nitrogens with two attached hydrogens (primary N) is 1. The van der Waals surface area contributed by atoms with E-state index in [0.717, 1.165) is 0 Å². The number of rotatable bonds is 6. The molecule has 100 valence electrons. The van der Waals surface area contributed by atoms with Gasteiger partial charge in [-0.2, -0.15) is 8.78 Å². The fourth-order valence-electron chi connectivity index (χ4n) is 1.16. The maximum Gasteiger partial charge on any atom is 0.330 e. The molecule has 0 unspecified atom stereocenters. The molecule has 0 bridgehead atoms. The minimum atomic E-state index is -4.20. The molecule has 0 radical (unpaired) electrons. The van der Waals surface area contributed by atoms with Gasteiger partial charge >= 0.3 is 12.3 Å². The first-order valence-electron chi connectivity index (χ1n) is 4.86. The van der Waals surface area contributed by atoms with Crippen molar-refractivity contribution >= 4 is 5.84 Å². The third-order valence-electron chi connectivity index (χ3n) is 2.02. The third kappa shape index (κ3) is 3.66. The molecule has 3 N–H and O–H groups in total. The van der Waals surface area contributed by atoms with E-state index in [4.69, 9.17) is 11.1 Å². The first-order chi connectivity index (χ1) is 8.34. The van der Waals surface area contributed by atoms with Crippen LogP contribution in [0, 0.1) is 5.41 Å². The van der Waals surface area contributed by atoms with Crippen LogP contribution >= 0.6 is 0 Å². The molecule has 4 nitrogen and oxygen atoms in total. The molecule has 0 spiro atoms. The van der Waals surface area contributed by atoms with Gasteiger partial charge < -0.3 is 10.5 Å². The van der Waals surface area contributed by atoms with Crippen molar-refractivity contribution in [2.24, 2.45) is 5.73 Å². The van der Waals surface area contributed by atoms with E-state index in [1.807, 2.05) is 0 Å². The van der Waals surface area contributed by atoms with E-state index < -0.39 is 19.0 Å². The summed E-state index contributed by atoms with van der Waals surface area (Å²) in [6, 6.07) is 2.96. The highest BCUT2D eigenvalue weighted by Crippen LogP contribution is 2.23. The molecule has 0 aliphatic rings. The molecule has 1 aromatic rings. The molecule has 18 heavy (non-hydrogen) atoms. The van der Waals surface area contributed by atoms with Crippen molar-refractivity contribution in [2.45, 2.75) is 19.0 Å². The SMILES string of the molecule is N=C(N)c1ncccc1COCC(F)(F)C(F)F. The van der Waals surface area contributed by atoms with Crippen LogP contribution in [0.4, 0.5) is 17.6 Å². The molecule has 0 aliphatic heterocycles. The Kier molecular flexibility index (Phi) is 4.60. The fraction of sp³-hybridized carbons (Fsp3) is 0.400. The summed E-state index contributed by atoms with van der Waals surface area (Å²) in [5.74, 6) is -4.55. The zero-order valence-corrected chi connectivity index (χ0v) is 9.17. The van der Waals surface area contributed by atoms with Crippen molar-refractivity contribution in [3.05, 3.63) is 29.6 Å². The van der Waals surface area contributed by atoms with Gasteiger partial charge in [-0.25, -0.2) is 8.78 Å². The first-order valence-corrected chi connectivity index (χ1v) is 4.86. The van der Waals surface area contributed by atoms with Gasteiger partial charge in [0.2, 0.25) is 0 Å². The van der Waals surface area contributed by atoms with Crippen LogP contribution in [0.1, 0.15) is 11.3 Å². The molecule has 0 amide bonds. The van der Waals surface area contributed by atoms with E-state index in [9.17, 15) is 17.6 Å². The standard InChI is InChI=1S/C10H11F4N3O/c11-9(12)10(13,14)5-18-4-6-2-1-3-17-7(6)8(15)16/h1-3,9H,4-5H2,(H3,15,16). The number of ether oxygens (including phenoxy) is 1. The Morgan fingerprint density at radius 2 is 2.17 bits per heavy atom. The molecule has 0 atom stereocenters. The van der Waals surface area contributed by atoms with E-state index in [0.29, 0.717) is 0 Å². The lowest BCUT2D eigenvalue weighted by Crippen LogP contribution is -2.32. The Morgan fingerprint density at radius 3 is 2.72 bits per heavy atom. The molecular weight excluding hydrogens is 254 g/mol. The number of alkyl halides is 4. The topological polar surface area (TPSA) is 72.0 Å². The smallest absolute Gasteiger partial charge is 0.330 e. The van der Waals surface area contributed by atoms with E-state index in [1.54, 1.807) is 0 Å². The van der Waals surface area contributed by atoms with Gasteiger partial charge in [-0.15, -0.1) is 0 Å². The molecule has 1 aromatic heterocycles. The predicted octanol–water partition coefficient (Wildman–Crippen LogP) is 1.78. The van der Waals surface area contributed by atoms with Crippen molar-refractivity contribution in [3.8, 4) is 0 Å². The number of pyridine rings is 1. The third-order valence-corrected chi connectivity index (χ3v) is 2.02. The monoisotopic (exact) mass is 265 g/mol. The number of nitrogens with zero attached hydrogens (tertiary/aromatic N) is 1. The highest BCUT2D eigenvalue weighted by Gasteiger charge is 2.40. The van der Waals surface area contributed by atoms with Gasteiger partial charge in [-0.1, -0.05) is 6.07 Å². The molecule has 1 heterocycles. The molecule has 0 aliphatic carbocycles. The van der Waals surface area contributed by atoms with E-state index in [-0.39, 0.29) is 23.7 Å². The van der Waals surface area contributed by atoms with Crippen LogP contribution in [-0.4, -0.2) is 29.8 Å². The van der Waals surface area contributed by atoms with Gasteiger partial charge in [0.1, 0.15) is 18.1 Å². The second kappa shape index (κ2) is 5.76. The summed E-state index contributed by atoms with van der Waals surface area (Å²) in [5, 5.41) is 7.19. The average Bonchev–Trinajstić information content (AvgIpc) is 2.29. The quantitative estimate of drug-likeness (QED) is 0.468. The second-order valence-electron chi connectivity index (χ2n) is 3.48. The van der Waals surface area contributed by atoms with Gasteiger partial charge in [0.25, 0.3) is 0 Å². The summed E-state index contributed by atoms with van der Waals surface area (Å²) in [6.07, 6.45) is -2.41. The van der Waals surface area contributed by atoms with Crippen LogP contribution in [0.5, 0.6) is 0 Å². The van der Waals surface area contributed by atoms with Crippen LogP contribution < -0.4 is 5.73 Å². The van der Waals surface area contributed by atoms with Crippen LogP contribution in [0.3, 0.4) is 0 Å². The predicted molar refractivity (Wildman–Crippen MR) is 55.9 cm³/mol. The summed E-state index contributed by atoms with van der Waals surface area (Å²) >= 11 is 0. The summed E-state index contributed by atoms with van der Waals surface area (Å²) < 4.78 is 53.3. The molecule has 8 heteroatoms. The van der Waals surface area contributed by atoms with E-state index in [2.05, 4.69) is 9.72 Å². The highest BCUT2D eigenvalue weighted by molar-refractivity contribution is 5.94. The Morgan fingerprint density at radius 1 is 1.50 bits per heavy atom. The lowest BCUT2D eigenvalue weighted by Gasteiger charge is -2.15. The van der Waals surface area contributed by atoms with Crippen LogP contribution in [0.15, 0.2) is 18.3 Å². The minimum Gasteiger partial charge on any atom is -0.382 e. The maximum absolute atomic E-state index is 12.6. The van der Waals surface area contributed by atoms with Crippen LogP contribution in [0.25, 0.3) is 0 Å². The summed E-state index contributed by atoms with van der Waals surface area (Å²) in [4.78, 5) is 3.76. The lowest BCUT2D eigenvalue weighted by atomic mass is 10.2. The summed E-state index contributed by atoms with van der Waals surface area (Å²) in [6.45, 7) is -1.78. The van der Waals surface area contributed by atoms with Gasteiger partial charge in [-0.3, -0.25) is 10.4 Å². The largest absolute Gasteiger partial charge is 0.382 e. The Hall–Kier alpha value is -1.70. The molecule has 0 saturated carbocycles. The average molecular weight is 265 g/mol. The molecule has 0 aromatic carbocycles. The number of hydrogen-bond acceptors (Lipinski definition) is 3. The zero-order valence-electron chi connectivity index (χ0n) is 9.17. The Bertz CT molecular complexity index is 425. The van der Waals surface area contributed by atoms with Crippen molar-refractivity contribution in [1.29, 1.82) is 5.41 Å². The number of nitrogens with one attached hydrogen (secondary N) is 1. The minimum absolute atomic E-state index is 0.0814. The number of halogens is 4. The maximum atomic E-state index is 12.6. The highest BCUT2D eigenvalue weighted by atomic mass is 19.3. The lowest BCUT2D eigenvalue weighted by molar-refractivity contribution is -0.168. The molecular formula is C10H11F4N3O. The van der Waals surface area contributed by atoms with Crippen molar-refractivity contribution in [1.82, 2.24) is 4.98 Å². The second-order valence-corrected chi connectivity index (χ2v) is 3.48. The number of hydrogen-bond donors (Lipinski definition) is 2. The summed E-state index contributed by atoms with van der Waals surface area (Å²) in [7, 11) is 0. The zero-order chi connectivity index (χ0) is 13.8. The van der Waals surface area contributed by atoms with Gasteiger partial charge in [0.15, 0.2) is 0 Å². The van der Waals surface area contributed by atoms with Gasteiger partial charge in [-0.05, 0) is 6.07 Å². The first kappa shape index (κ1) is 14.4. The fourth-order valence-corrected chi connectivity index (χ4v) is 1.16. The molecule has 0 fully saturated rings.